The first-order chi connectivity index (χ1) is 9.32. The van der Waals surface area contributed by atoms with E-state index in [0.29, 0.717) is 0 Å². The van der Waals surface area contributed by atoms with Crippen LogP contribution in [0.4, 0.5) is 0 Å². The molecule has 2 nitrogen and oxygen atoms in total. The predicted octanol–water partition coefficient (Wildman–Crippen LogP) is 3.30. The maximum Gasteiger partial charge on any atom is 0.0575 e. The Bertz CT molecular complexity index is 391. The molecule has 0 aliphatic heterocycles. The molecule has 106 valence electrons. The van der Waals surface area contributed by atoms with Gasteiger partial charge in [0.15, 0.2) is 0 Å². The lowest BCUT2D eigenvalue weighted by Gasteiger charge is -2.39. The van der Waals surface area contributed by atoms with E-state index in [4.69, 9.17) is 4.74 Å². The zero-order valence-electron chi connectivity index (χ0n) is 12.4. The molecule has 1 aromatic carbocycles. The van der Waals surface area contributed by atoms with Crippen molar-refractivity contribution in [3.8, 4) is 0 Å². The molecule has 0 saturated heterocycles. The van der Waals surface area contributed by atoms with Crippen LogP contribution in [0, 0.1) is 0 Å². The van der Waals surface area contributed by atoms with E-state index >= 15 is 0 Å². The SMILES string of the molecule is CCCNCC1(COCC)CCCc2ccccc21. The molecule has 1 atom stereocenters. The Morgan fingerprint density at radius 2 is 2.11 bits per heavy atom. The van der Waals surface area contributed by atoms with Gasteiger partial charge >= 0.3 is 0 Å². The van der Waals surface area contributed by atoms with E-state index in [0.717, 1.165) is 26.3 Å². The normalized spacial score (nSPS) is 22.2. The second-order valence-corrected chi connectivity index (χ2v) is 5.60. The number of benzene rings is 1. The smallest absolute Gasteiger partial charge is 0.0575 e. The second-order valence-electron chi connectivity index (χ2n) is 5.60. The Morgan fingerprint density at radius 3 is 2.89 bits per heavy atom. The molecule has 2 heteroatoms. The summed E-state index contributed by atoms with van der Waals surface area (Å²) in [6, 6.07) is 8.93. The van der Waals surface area contributed by atoms with Crippen LogP contribution in [0.25, 0.3) is 0 Å². The van der Waals surface area contributed by atoms with Crippen molar-refractivity contribution < 1.29 is 4.74 Å². The highest BCUT2D eigenvalue weighted by molar-refractivity contribution is 5.37. The van der Waals surface area contributed by atoms with Crippen LogP contribution in [-0.4, -0.2) is 26.3 Å². The molecule has 0 spiro atoms. The predicted molar refractivity (Wildman–Crippen MR) is 80.7 cm³/mol. The molecule has 1 aromatic rings. The zero-order valence-corrected chi connectivity index (χ0v) is 12.4. The van der Waals surface area contributed by atoms with E-state index in [-0.39, 0.29) is 5.41 Å². The van der Waals surface area contributed by atoms with E-state index in [9.17, 15) is 0 Å². The number of ether oxygens (including phenoxy) is 1. The first-order valence-electron chi connectivity index (χ1n) is 7.69. The van der Waals surface area contributed by atoms with E-state index < -0.39 is 0 Å². The largest absolute Gasteiger partial charge is 0.381 e. The summed E-state index contributed by atoms with van der Waals surface area (Å²) in [4.78, 5) is 0. The minimum Gasteiger partial charge on any atom is -0.381 e. The summed E-state index contributed by atoms with van der Waals surface area (Å²) in [6.45, 7) is 8.09. The maximum atomic E-state index is 5.82. The van der Waals surface area contributed by atoms with Gasteiger partial charge in [-0.3, -0.25) is 0 Å². The van der Waals surface area contributed by atoms with Gasteiger partial charge in [0.2, 0.25) is 0 Å². The van der Waals surface area contributed by atoms with Crippen LogP contribution in [0.3, 0.4) is 0 Å². The fraction of sp³-hybridized carbons (Fsp3) is 0.647. The molecule has 0 heterocycles. The molecule has 0 bridgehead atoms. The van der Waals surface area contributed by atoms with Crippen LogP contribution in [0.2, 0.25) is 0 Å². The van der Waals surface area contributed by atoms with Gasteiger partial charge in [0.05, 0.1) is 6.61 Å². The van der Waals surface area contributed by atoms with Crippen LogP contribution in [0.1, 0.15) is 44.2 Å². The number of hydrogen-bond donors (Lipinski definition) is 1. The van der Waals surface area contributed by atoms with Gasteiger partial charge in [0, 0.05) is 18.6 Å². The maximum absolute atomic E-state index is 5.82. The van der Waals surface area contributed by atoms with Gasteiger partial charge in [-0.2, -0.15) is 0 Å². The van der Waals surface area contributed by atoms with Crippen molar-refractivity contribution >= 4 is 0 Å². The third-order valence-corrected chi connectivity index (χ3v) is 4.16. The zero-order chi connectivity index (χ0) is 13.6. The van der Waals surface area contributed by atoms with Crippen molar-refractivity contribution in [1.29, 1.82) is 0 Å². The van der Waals surface area contributed by atoms with E-state index in [1.165, 1.54) is 36.8 Å². The number of fused-ring (bicyclic) bond motifs is 1. The molecule has 0 fully saturated rings. The number of nitrogens with one attached hydrogen (secondary N) is 1. The average molecular weight is 261 g/mol. The van der Waals surface area contributed by atoms with Crippen LogP contribution >= 0.6 is 0 Å². The Hall–Kier alpha value is -0.860. The first kappa shape index (κ1) is 14.5. The van der Waals surface area contributed by atoms with E-state index in [1.54, 1.807) is 0 Å². The third kappa shape index (κ3) is 3.37. The lowest BCUT2D eigenvalue weighted by molar-refractivity contribution is 0.0821. The Kier molecular flexibility index (Phi) is 5.41. The topological polar surface area (TPSA) is 21.3 Å². The van der Waals surface area contributed by atoms with Gasteiger partial charge in [0.1, 0.15) is 0 Å². The highest BCUT2D eigenvalue weighted by Crippen LogP contribution is 2.37. The fourth-order valence-corrected chi connectivity index (χ4v) is 3.19. The summed E-state index contributed by atoms with van der Waals surface area (Å²) >= 11 is 0. The van der Waals surface area contributed by atoms with Gasteiger partial charge in [-0.25, -0.2) is 0 Å². The van der Waals surface area contributed by atoms with Gasteiger partial charge in [0.25, 0.3) is 0 Å². The molecule has 0 radical (unpaired) electrons. The molecular weight excluding hydrogens is 234 g/mol. The quantitative estimate of drug-likeness (QED) is 0.760. The molecule has 0 amide bonds. The molecule has 1 unspecified atom stereocenters. The highest BCUT2D eigenvalue weighted by atomic mass is 16.5. The van der Waals surface area contributed by atoms with E-state index in [1.807, 2.05) is 0 Å². The number of hydrogen-bond acceptors (Lipinski definition) is 2. The fourth-order valence-electron chi connectivity index (χ4n) is 3.19. The van der Waals surface area contributed by atoms with Gasteiger partial charge in [-0.05, 0) is 50.3 Å². The lowest BCUT2D eigenvalue weighted by Crippen LogP contribution is -2.44. The Labute approximate surface area is 117 Å². The average Bonchev–Trinajstić information content (AvgIpc) is 2.46. The van der Waals surface area contributed by atoms with E-state index in [2.05, 4.69) is 43.4 Å². The van der Waals surface area contributed by atoms with Crippen LogP contribution < -0.4 is 5.32 Å². The number of rotatable bonds is 7. The van der Waals surface area contributed by atoms with Crippen LogP contribution in [0.15, 0.2) is 24.3 Å². The molecule has 0 aromatic heterocycles. The highest BCUT2D eigenvalue weighted by Gasteiger charge is 2.36. The van der Waals surface area contributed by atoms with Gasteiger partial charge in [-0.15, -0.1) is 0 Å². The van der Waals surface area contributed by atoms with Crippen molar-refractivity contribution in [2.75, 3.05) is 26.3 Å². The number of aryl methyl sites for hydroxylation is 1. The second kappa shape index (κ2) is 7.06. The van der Waals surface area contributed by atoms with Crippen molar-refractivity contribution in [3.05, 3.63) is 35.4 Å². The summed E-state index contributed by atoms with van der Waals surface area (Å²) < 4.78 is 5.82. The van der Waals surface area contributed by atoms with Crippen molar-refractivity contribution in [3.63, 3.8) is 0 Å². The first-order valence-corrected chi connectivity index (χ1v) is 7.69. The van der Waals surface area contributed by atoms with Crippen molar-refractivity contribution in [2.45, 2.75) is 44.9 Å². The molecule has 2 rings (SSSR count). The summed E-state index contributed by atoms with van der Waals surface area (Å²) in [6.07, 6.45) is 4.92. The third-order valence-electron chi connectivity index (χ3n) is 4.16. The van der Waals surface area contributed by atoms with Gasteiger partial charge < -0.3 is 10.1 Å². The molecule has 1 aliphatic carbocycles. The minimum atomic E-state index is 0.181. The molecule has 1 aliphatic rings. The molecular formula is C17H27NO. The van der Waals surface area contributed by atoms with Crippen molar-refractivity contribution in [1.82, 2.24) is 5.32 Å². The van der Waals surface area contributed by atoms with Crippen LogP contribution in [-0.2, 0) is 16.6 Å². The van der Waals surface area contributed by atoms with Gasteiger partial charge in [-0.1, -0.05) is 31.2 Å². The summed E-state index contributed by atoms with van der Waals surface area (Å²) in [5.74, 6) is 0. The summed E-state index contributed by atoms with van der Waals surface area (Å²) in [5.41, 5.74) is 3.21. The lowest BCUT2D eigenvalue weighted by atomic mass is 9.70. The van der Waals surface area contributed by atoms with Crippen LogP contribution in [0.5, 0.6) is 0 Å². The summed E-state index contributed by atoms with van der Waals surface area (Å²) in [7, 11) is 0. The minimum absolute atomic E-state index is 0.181. The van der Waals surface area contributed by atoms with Crippen molar-refractivity contribution in [2.24, 2.45) is 0 Å². The molecule has 0 saturated carbocycles. The standard InChI is InChI=1S/C17H27NO/c1-3-12-18-13-17(14-19-4-2)11-7-9-15-8-5-6-10-16(15)17/h5-6,8,10,18H,3-4,7,9,11-14H2,1-2H3. The monoisotopic (exact) mass is 261 g/mol. The summed E-state index contributed by atoms with van der Waals surface area (Å²) in [5, 5.41) is 3.62. The Balaban J connectivity index is 2.22. The Morgan fingerprint density at radius 1 is 1.26 bits per heavy atom. The molecule has 1 N–H and O–H groups in total. The molecule has 19 heavy (non-hydrogen) atoms.